The number of carbonyl (C=O) groups is 2. The zero-order chi connectivity index (χ0) is 44.0. The number of fused-ring (bicyclic) bond motifs is 1. The Kier molecular flexibility index (Phi) is 15.8. The molecule has 0 saturated heterocycles. The van der Waals surface area contributed by atoms with E-state index in [9.17, 15) is 23.5 Å². The molecule has 18 nitrogen and oxygen atoms in total. The molecule has 62 heavy (non-hydrogen) atoms. The van der Waals surface area contributed by atoms with Crippen LogP contribution in [-0.4, -0.2) is 81.2 Å². The van der Waals surface area contributed by atoms with E-state index in [0.29, 0.717) is 0 Å². The predicted octanol–water partition coefficient (Wildman–Crippen LogP) is 6.47. The van der Waals surface area contributed by atoms with E-state index in [4.69, 9.17) is 33.3 Å². The van der Waals surface area contributed by atoms with Crippen LogP contribution in [0.1, 0.15) is 17.5 Å². The summed E-state index contributed by atoms with van der Waals surface area (Å²) in [6, 6.07) is 34.8. The molecule has 2 unspecified atom stereocenters. The number of hydrogen-bond acceptors (Lipinski definition) is 14. The fraction of sp³-hybridized carbons (Fsp3) is 0.262. The molecule has 0 saturated carbocycles. The number of esters is 2. The minimum absolute atomic E-state index is 0.00274. The van der Waals surface area contributed by atoms with Crippen LogP contribution in [0.2, 0.25) is 0 Å². The second-order valence-corrected chi connectivity index (χ2v) is 18.1. The maximum Gasteiger partial charge on any atom is 0.461 e. The lowest BCUT2D eigenvalue weighted by atomic mass is 10.1. The Morgan fingerprint density at radius 3 is 1.60 bits per heavy atom. The number of aromatic nitrogens is 4. The molecule has 20 heteroatoms. The molecular formula is C42H47N7O11P2. The van der Waals surface area contributed by atoms with Crippen molar-refractivity contribution in [3.63, 3.8) is 0 Å². The molecule has 6 aromatic rings. The highest BCUT2D eigenvalue weighted by Crippen LogP contribution is 2.53. The van der Waals surface area contributed by atoms with Crippen LogP contribution >= 0.6 is 15.5 Å². The third-order valence-electron chi connectivity index (χ3n) is 9.18. The van der Waals surface area contributed by atoms with Gasteiger partial charge in [-0.2, -0.15) is 14.3 Å². The Morgan fingerprint density at radius 2 is 1.15 bits per heavy atom. The quantitative estimate of drug-likeness (QED) is 0.0520. The van der Waals surface area contributed by atoms with E-state index in [1.54, 1.807) is 89.5 Å². The zero-order valence-electron chi connectivity index (χ0n) is 34.1. The Hall–Kier alpha value is -6.13. The van der Waals surface area contributed by atoms with Crippen molar-refractivity contribution in [1.82, 2.24) is 28.9 Å². The normalized spacial score (nSPS) is 13.9. The number of nitrogens with zero attached hydrogens (tertiary/aromatic N) is 5. The van der Waals surface area contributed by atoms with E-state index < -0.39 is 52.0 Å². The number of rotatable bonds is 23. The SMILES string of the molecule is CN(CC(=O)OCc1ccccc1)P(=O)(OCC(CCn1cnc2c(=O)[nH]c(N)nc21)COP(=O)(Oc1ccccc1)N(C)CC(=O)OCc1ccccc1)Oc1ccccc1. The van der Waals surface area contributed by atoms with Gasteiger partial charge in [-0.05, 0) is 55.9 Å². The highest BCUT2D eigenvalue weighted by Gasteiger charge is 2.38. The topological polar surface area (TPSA) is 220 Å². The van der Waals surface area contributed by atoms with Crippen molar-refractivity contribution in [2.75, 3.05) is 46.1 Å². The molecule has 4 aromatic carbocycles. The van der Waals surface area contributed by atoms with Gasteiger partial charge in [-0.3, -0.25) is 28.4 Å². The fourth-order valence-electron chi connectivity index (χ4n) is 5.80. The second kappa shape index (κ2) is 21.6. The predicted molar refractivity (Wildman–Crippen MR) is 230 cm³/mol. The number of aromatic amines is 1. The minimum atomic E-state index is -4.35. The van der Waals surface area contributed by atoms with E-state index in [1.165, 1.54) is 20.4 Å². The van der Waals surface area contributed by atoms with E-state index in [2.05, 4.69) is 15.0 Å². The number of nitrogens with two attached hydrogens (primary N) is 1. The van der Waals surface area contributed by atoms with Gasteiger partial charge >= 0.3 is 27.4 Å². The standard InChI is InChI=1S/C42H47N7O11P2/c1-47(25-37(50)55-27-32-15-7-3-8-16-32)61(53,59-35-19-11-5-12-20-35)57-29-34(23-24-49-31-44-39-40(49)45-42(43)46-41(39)52)30-58-62(54,60-36-21-13-6-14-22-36)48(2)26-38(51)56-28-33-17-9-4-10-18-33/h3-22,31,34H,23-30H2,1-2H3,(H3,43,45,46,52). The molecule has 0 spiro atoms. The number of ether oxygens (including phenoxy) is 2. The second-order valence-electron chi connectivity index (χ2n) is 14.0. The number of para-hydroxylation sites is 2. The number of likely N-dealkylation sites (N-methyl/N-ethyl adjacent to an activating group) is 2. The summed E-state index contributed by atoms with van der Waals surface area (Å²) in [6.45, 7) is -1.47. The molecule has 0 amide bonds. The molecule has 0 bridgehead atoms. The van der Waals surface area contributed by atoms with Crippen LogP contribution < -0.4 is 20.3 Å². The highest BCUT2D eigenvalue weighted by molar-refractivity contribution is 7.52. The van der Waals surface area contributed by atoms with Crippen LogP contribution in [0.4, 0.5) is 5.95 Å². The fourth-order valence-corrected chi connectivity index (χ4v) is 8.73. The number of H-pyrrole nitrogens is 1. The largest absolute Gasteiger partial charge is 0.461 e. The van der Waals surface area contributed by atoms with Crippen LogP contribution in [0.15, 0.2) is 132 Å². The van der Waals surface area contributed by atoms with Crippen LogP contribution in [0.3, 0.4) is 0 Å². The third-order valence-corrected chi connectivity index (χ3v) is 13.0. The lowest BCUT2D eigenvalue weighted by Crippen LogP contribution is -2.30. The number of hydrogen-bond donors (Lipinski definition) is 2. The van der Waals surface area contributed by atoms with E-state index in [-0.39, 0.29) is 68.0 Å². The van der Waals surface area contributed by atoms with Crippen molar-refractivity contribution in [2.24, 2.45) is 5.92 Å². The summed E-state index contributed by atoms with van der Waals surface area (Å²) in [7, 11) is -5.90. The Labute approximate surface area is 357 Å². The van der Waals surface area contributed by atoms with E-state index >= 15 is 0 Å². The molecule has 0 aliphatic carbocycles. The molecule has 2 heterocycles. The smallest absolute Gasteiger partial charge is 0.460 e. The summed E-state index contributed by atoms with van der Waals surface area (Å²) in [4.78, 5) is 49.4. The Morgan fingerprint density at radius 1 is 0.710 bits per heavy atom. The molecule has 3 N–H and O–H groups in total. The summed E-state index contributed by atoms with van der Waals surface area (Å²) in [5.41, 5.74) is 7.12. The monoisotopic (exact) mass is 887 g/mol. The van der Waals surface area contributed by atoms with Gasteiger partial charge in [0.2, 0.25) is 5.95 Å². The van der Waals surface area contributed by atoms with Gasteiger partial charge in [0.1, 0.15) is 37.8 Å². The van der Waals surface area contributed by atoms with E-state index in [1.807, 2.05) is 36.4 Å². The van der Waals surface area contributed by atoms with Gasteiger partial charge in [-0.25, -0.2) is 14.1 Å². The first-order valence-corrected chi connectivity index (χ1v) is 22.4. The van der Waals surface area contributed by atoms with Crippen molar-refractivity contribution < 1.29 is 46.3 Å². The van der Waals surface area contributed by atoms with Gasteiger partial charge in [-0.1, -0.05) is 97.1 Å². The van der Waals surface area contributed by atoms with Crippen LogP contribution in [0, 0.1) is 5.92 Å². The average molecular weight is 888 g/mol. The van der Waals surface area contributed by atoms with Gasteiger partial charge in [0.05, 0.1) is 19.5 Å². The molecule has 2 aromatic heterocycles. The molecule has 6 rings (SSSR count). The lowest BCUT2D eigenvalue weighted by molar-refractivity contribution is -0.146. The summed E-state index contributed by atoms with van der Waals surface area (Å²) in [5.74, 6) is -1.82. The molecule has 0 fully saturated rings. The number of aryl methyl sites for hydroxylation is 1. The summed E-state index contributed by atoms with van der Waals surface area (Å²) >= 11 is 0. The van der Waals surface area contributed by atoms with Crippen molar-refractivity contribution >= 4 is 44.5 Å². The van der Waals surface area contributed by atoms with Crippen LogP contribution in [0.5, 0.6) is 11.5 Å². The summed E-state index contributed by atoms with van der Waals surface area (Å²) in [5, 5.41) is 0. The molecule has 2 atom stereocenters. The first-order valence-electron chi connectivity index (χ1n) is 19.4. The third kappa shape index (κ3) is 12.9. The van der Waals surface area contributed by atoms with Gasteiger partial charge in [0, 0.05) is 12.5 Å². The van der Waals surface area contributed by atoms with Gasteiger partial charge in [0.25, 0.3) is 5.56 Å². The van der Waals surface area contributed by atoms with E-state index in [0.717, 1.165) is 20.5 Å². The van der Waals surface area contributed by atoms with Gasteiger partial charge in [-0.15, -0.1) is 0 Å². The average Bonchev–Trinajstić information content (AvgIpc) is 3.69. The van der Waals surface area contributed by atoms with Crippen LogP contribution in [0.25, 0.3) is 11.2 Å². The zero-order valence-corrected chi connectivity index (χ0v) is 35.8. The van der Waals surface area contributed by atoms with Crippen molar-refractivity contribution in [3.8, 4) is 11.5 Å². The van der Waals surface area contributed by atoms with Crippen molar-refractivity contribution in [2.45, 2.75) is 26.2 Å². The molecule has 0 radical (unpaired) electrons. The van der Waals surface area contributed by atoms with Crippen molar-refractivity contribution in [3.05, 3.63) is 149 Å². The highest BCUT2D eigenvalue weighted by atomic mass is 31.2. The first kappa shape index (κ1) is 45.4. The van der Waals surface area contributed by atoms with Gasteiger partial charge < -0.3 is 28.8 Å². The molecule has 0 aliphatic rings. The number of benzene rings is 4. The number of nitrogen functional groups attached to an aromatic ring is 1. The molecule has 326 valence electrons. The summed E-state index contributed by atoms with van der Waals surface area (Å²) in [6.07, 6.45) is 1.59. The van der Waals surface area contributed by atoms with Gasteiger partial charge in [0.15, 0.2) is 11.2 Å². The number of carbonyl (C=O) groups excluding carboxylic acids is 2. The summed E-state index contributed by atoms with van der Waals surface area (Å²) < 4.78 is 68.4. The molecule has 0 aliphatic heterocycles. The van der Waals surface area contributed by atoms with Crippen LogP contribution in [-0.2, 0) is 57.0 Å². The molecular weight excluding hydrogens is 840 g/mol. The Balaban J connectivity index is 1.23. The Bertz CT molecular complexity index is 2410. The maximum atomic E-state index is 14.7. The number of imidazole rings is 1. The van der Waals surface area contributed by atoms with Crippen molar-refractivity contribution in [1.29, 1.82) is 0 Å². The lowest BCUT2D eigenvalue weighted by Gasteiger charge is -2.30. The first-order chi connectivity index (χ1) is 29.9. The minimum Gasteiger partial charge on any atom is -0.460 e. The maximum absolute atomic E-state index is 14.7. The number of anilines is 1. The number of nitrogens with one attached hydrogen (secondary N) is 1.